The quantitative estimate of drug-likeness (QED) is 0.830. The van der Waals surface area contributed by atoms with Gasteiger partial charge in [0.15, 0.2) is 0 Å². The van der Waals surface area contributed by atoms with Crippen LogP contribution in [0.3, 0.4) is 0 Å². The van der Waals surface area contributed by atoms with Crippen LogP contribution in [0.4, 0.5) is 0 Å². The molecule has 1 heterocycles. The molecule has 0 aliphatic rings. The second-order valence-corrected chi connectivity index (χ2v) is 4.18. The lowest BCUT2D eigenvalue weighted by Crippen LogP contribution is -2.19. The summed E-state index contributed by atoms with van der Waals surface area (Å²) in [7, 11) is 0. The number of nitrogens with two attached hydrogens (primary N) is 1. The summed E-state index contributed by atoms with van der Waals surface area (Å²) >= 11 is 1.41. The van der Waals surface area contributed by atoms with E-state index in [-0.39, 0.29) is 0 Å². The Morgan fingerprint density at radius 1 is 1.27 bits per heavy atom. The molecular formula is C11H12N2OS. The van der Waals surface area contributed by atoms with Gasteiger partial charge in [-0.25, -0.2) is 4.98 Å². The monoisotopic (exact) mass is 220 g/mol. The molecule has 0 fully saturated rings. The number of hydrogen-bond acceptors (Lipinski definition) is 4. The average molecular weight is 220 g/mol. The van der Waals surface area contributed by atoms with E-state index in [2.05, 4.69) is 4.98 Å². The van der Waals surface area contributed by atoms with Gasteiger partial charge >= 0.3 is 0 Å². The van der Waals surface area contributed by atoms with E-state index in [0.717, 1.165) is 5.56 Å². The Morgan fingerprint density at radius 2 is 2.00 bits per heavy atom. The third-order valence-electron chi connectivity index (χ3n) is 2.23. The van der Waals surface area contributed by atoms with E-state index in [9.17, 15) is 5.11 Å². The van der Waals surface area contributed by atoms with E-state index in [1.54, 1.807) is 6.20 Å². The SMILES string of the molecule is NC(c1ccccc1)C(O)c1nccs1. The van der Waals surface area contributed by atoms with Gasteiger partial charge in [-0.05, 0) is 5.56 Å². The Hall–Kier alpha value is -1.23. The predicted octanol–water partition coefficient (Wildman–Crippen LogP) is 1.88. The molecule has 4 heteroatoms. The van der Waals surface area contributed by atoms with Gasteiger partial charge in [-0.2, -0.15) is 0 Å². The minimum atomic E-state index is -0.729. The van der Waals surface area contributed by atoms with E-state index in [0.29, 0.717) is 5.01 Å². The molecule has 0 saturated heterocycles. The van der Waals surface area contributed by atoms with Crippen LogP contribution in [0, 0.1) is 0 Å². The maximum atomic E-state index is 9.95. The molecule has 0 amide bonds. The van der Waals surface area contributed by atoms with Crippen molar-refractivity contribution in [2.45, 2.75) is 12.1 Å². The Labute approximate surface area is 92.2 Å². The van der Waals surface area contributed by atoms with Gasteiger partial charge in [-0.1, -0.05) is 30.3 Å². The van der Waals surface area contributed by atoms with Gasteiger partial charge in [0.25, 0.3) is 0 Å². The van der Waals surface area contributed by atoms with Gasteiger partial charge in [0, 0.05) is 11.6 Å². The van der Waals surface area contributed by atoms with E-state index >= 15 is 0 Å². The lowest BCUT2D eigenvalue weighted by Gasteiger charge is -2.16. The zero-order valence-electron chi connectivity index (χ0n) is 8.08. The fourth-order valence-electron chi connectivity index (χ4n) is 1.39. The highest BCUT2D eigenvalue weighted by molar-refractivity contribution is 7.09. The fourth-order valence-corrected chi connectivity index (χ4v) is 2.06. The molecule has 2 aromatic rings. The molecule has 0 spiro atoms. The van der Waals surface area contributed by atoms with E-state index in [4.69, 9.17) is 5.73 Å². The maximum Gasteiger partial charge on any atom is 0.125 e. The smallest absolute Gasteiger partial charge is 0.125 e. The molecule has 3 nitrogen and oxygen atoms in total. The topological polar surface area (TPSA) is 59.1 Å². The van der Waals surface area contributed by atoms with E-state index in [1.807, 2.05) is 35.7 Å². The van der Waals surface area contributed by atoms with Crippen LogP contribution < -0.4 is 5.73 Å². The molecule has 1 aromatic heterocycles. The molecule has 2 rings (SSSR count). The number of rotatable bonds is 3. The molecular weight excluding hydrogens is 208 g/mol. The number of hydrogen-bond donors (Lipinski definition) is 2. The molecule has 2 unspecified atom stereocenters. The van der Waals surface area contributed by atoms with Gasteiger partial charge in [0.1, 0.15) is 11.1 Å². The van der Waals surface area contributed by atoms with Crippen LogP contribution in [0.2, 0.25) is 0 Å². The maximum absolute atomic E-state index is 9.95. The minimum Gasteiger partial charge on any atom is -0.384 e. The highest BCUT2D eigenvalue weighted by Crippen LogP contribution is 2.27. The molecule has 3 N–H and O–H groups in total. The lowest BCUT2D eigenvalue weighted by atomic mass is 10.0. The summed E-state index contributed by atoms with van der Waals surface area (Å²) in [5.74, 6) is 0. The van der Waals surface area contributed by atoms with Gasteiger partial charge in [0.2, 0.25) is 0 Å². The molecule has 0 bridgehead atoms. The van der Waals surface area contributed by atoms with Crippen molar-refractivity contribution in [2.24, 2.45) is 5.73 Å². The Bertz CT molecular complexity index is 402. The second-order valence-electron chi connectivity index (χ2n) is 3.25. The molecule has 15 heavy (non-hydrogen) atoms. The molecule has 0 radical (unpaired) electrons. The third kappa shape index (κ3) is 2.23. The summed E-state index contributed by atoms with van der Waals surface area (Å²) in [5, 5.41) is 12.4. The average Bonchev–Trinajstić information content (AvgIpc) is 2.82. The van der Waals surface area contributed by atoms with Crippen molar-refractivity contribution in [3.8, 4) is 0 Å². The van der Waals surface area contributed by atoms with Crippen LogP contribution in [0.5, 0.6) is 0 Å². The molecule has 0 saturated carbocycles. The first-order chi connectivity index (χ1) is 7.29. The third-order valence-corrected chi connectivity index (χ3v) is 3.08. The first kappa shape index (κ1) is 10.3. The molecule has 0 aliphatic carbocycles. The summed E-state index contributed by atoms with van der Waals surface area (Å²) in [4.78, 5) is 4.05. The van der Waals surface area contributed by atoms with Crippen molar-refractivity contribution in [3.05, 3.63) is 52.5 Å². The van der Waals surface area contributed by atoms with Crippen LogP contribution >= 0.6 is 11.3 Å². The predicted molar refractivity (Wildman–Crippen MR) is 60.4 cm³/mol. The van der Waals surface area contributed by atoms with Crippen molar-refractivity contribution < 1.29 is 5.11 Å². The number of aromatic nitrogens is 1. The van der Waals surface area contributed by atoms with Crippen LogP contribution in [0.25, 0.3) is 0 Å². The molecule has 78 valence electrons. The number of aliphatic hydroxyl groups is 1. The number of thiazole rings is 1. The Kier molecular flexibility index (Phi) is 3.11. The highest BCUT2D eigenvalue weighted by atomic mass is 32.1. The van der Waals surface area contributed by atoms with E-state index in [1.165, 1.54) is 11.3 Å². The summed E-state index contributed by atoms with van der Waals surface area (Å²) in [6.45, 7) is 0. The van der Waals surface area contributed by atoms with Gasteiger partial charge in [-0.15, -0.1) is 11.3 Å². The Morgan fingerprint density at radius 3 is 2.60 bits per heavy atom. The van der Waals surface area contributed by atoms with Crippen LogP contribution in [0.1, 0.15) is 22.7 Å². The fraction of sp³-hybridized carbons (Fsp3) is 0.182. The van der Waals surface area contributed by atoms with Crippen LogP contribution in [-0.4, -0.2) is 10.1 Å². The van der Waals surface area contributed by atoms with Crippen molar-refractivity contribution in [3.63, 3.8) is 0 Å². The van der Waals surface area contributed by atoms with Crippen molar-refractivity contribution in [2.75, 3.05) is 0 Å². The molecule has 0 aliphatic heterocycles. The zero-order valence-corrected chi connectivity index (χ0v) is 8.89. The van der Waals surface area contributed by atoms with Crippen molar-refractivity contribution in [1.82, 2.24) is 4.98 Å². The highest BCUT2D eigenvalue weighted by Gasteiger charge is 2.20. The summed E-state index contributed by atoms with van der Waals surface area (Å²) in [6.07, 6.45) is 0.938. The minimum absolute atomic E-state index is 0.419. The van der Waals surface area contributed by atoms with Gasteiger partial charge in [0.05, 0.1) is 6.04 Å². The van der Waals surface area contributed by atoms with Gasteiger partial charge < -0.3 is 10.8 Å². The van der Waals surface area contributed by atoms with Crippen molar-refractivity contribution in [1.29, 1.82) is 0 Å². The van der Waals surface area contributed by atoms with Gasteiger partial charge in [-0.3, -0.25) is 0 Å². The number of benzene rings is 1. The Balaban J connectivity index is 2.18. The summed E-state index contributed by atoms with van der Waals surface area (Å²) in [6, 6.07) is 9.13. The molecule has 1 aromatic carbocycles. The first-order valence-electron chi connectivity index (χ1n) is 4.67. The first-order valence-corrected chi connectivity index (χ1v) is 5.55. The molecule has 2 atom stereocenters. The summed E-state index contributed by atoms with van der Waals surface area (Å²) in [5.41, 5.74) is 6.86. The lowest BCUT2D eigenvalue weighted by molar-refractivity contribution is 0.146. The van der Waals surface area contributed by atoms with Crippen molar-refractivity contribution >= 4 is 11.3 Å². The normalized spacial score (nSPS) is 14.8. The second kappa shape index (κ2) is 4.53. The number of nitrogens with zero attached hydrogens (tertiary/aromatic N) is 1. The number of aliphatic hydroxyl groups excluding tert-OH is 1. The van der Waals surface area contributed by atoms with Crippen LogP contribution in [-0.2, 0) is 0 Å². The van der Waals surface area contributed by atoms with Crippen LogP contribution in [0.15, 0.2) is 41.9 Å². The zero-order chi connectivity index (χ0) is 10.7. The summed E-state index contributed by atoms with van der Waals surface area (Å²) < 4.78 is 0. The van der Waals surface area contributed by atoms with E-state index < -0.39 is 12.1 Å². The largest absolute Gasteiger partial charge is 0.384 e. The standard InChI is InChI=1S/C11H12N2OS/c12-9(8-4-2-1-3-5-8)10(14)11-13-6-7-15-11/h1-7,9-10,14H,12H2.